The molecular weight excluding hydrogens is 246 g/mol. The van der Waals surface area contributed by atoms with Gasteiger partial charge in [-0.3, -0.25) is 5.41 Å². The van der Waals surface area contributed by atoms with Gasteiger partial charge >= 0.3 is 0 Å². The molecule has 1 saturated heterocycles. The third-order valence-electron chi connectivity index (χ3n) is 3.51. The molecule has 1 heterocycles. The Balaban J connectivity index is 2.24. The van der Waals surface area contributed by atoms with Gasteiger partial charge in [0.05, 0.1) is 5.02 Å². The third kappa shape index (κ3) is 2.78. The number of hydrogen-bond donors (Lipinski definition) is 2. The van der Waals surface area contributed by atoms with Gasteiger partial charge in [-0.1, -0.05) is 25.4 Å². The van der Waals surface area contributed by atoms with E-state index < -0.39 is 0 Å². The van der Waals surface area contributed by atoms with E-state index >= 15 is 0 Å². The van der Waals surface area contributed by atoms with Crippen LogP contribution in [-0.4, -0.2) is 18.9 Å². The maximum atomic E-state index is 7.43. The van der Waals surface area contributed by atoms with E-state index in [1.54, 1.807) is 0 Å². The normalized spacial score (nSPS) is 18.7. The van der Waals surface area contributed by atoms with Gasteiger partial charge in [0.25, 0.3) is 0 Å². The number of nitrogens with zero attached hydrogens (tertiary/aromatic N) is 1. The molecule has 18 heavy (non-hydrogen) atoms. The lowest BCUT2D eigenvalue weighted by molar-refractivity contribution is 0.293. The summed E-state index contributed by atoms with van der Waals surface area (Å²) in [4.78, 5) is 2.36. The first-order valence-electron chi connectivity index (χ1n) is 6.28. The van der Waals surface area contributed by atoms with Crippen molar-refractivity contribution in [2.24, 2.45) is 11.1 Å². The Labute approximate surface area is 113 Å². The van der Waals surface area contributed by atoms with Crippen molar-refractivity contribution in [3.8, 4) is 0 Å². The van der Waals surface area contributed by atoms with Gasteiger partial charge in [-0.2, -0.15) is 0 Å². The zero-order chi connectivity index (χ0) is 13.3. The molecule has 0 bridgehead atoms. The SMILES string of the molecule is CC1(C)CCCN(c2ccc(C(=N)N)c(Cl)c2)C1. The standard InChI is InChI=1S/C14H20ClN3/c1-14(2)6-3-7-18(9-14)10-4-5-11(13(16)17)12(15)8-10/h4-5,8H,3,6-7,9H2,1-2H3,(H3,16,17). The molecule has 0 amide bonds. The maximum absolute atomic E-state index is 7.43. The van der Waals surface area contributed by atoms with Gasteiger partial charge in [-0.15, -0.1) is 0 Å². The Morgan fingerprint density at radius 3 is 2.72 bits per heavy atom. The van der Waals surface area contributed by atoms with Crippen LogP contribution < -0.4 is 10.6 Å². The van der Waals surface area contributed by atoms with Crippen LogP contribution >= 0.6 is 11.6 Å². The van der Waals surface area contributed by atoms with Crippen LogP contribution in [0.2, 0.25) is 5.02 Å². The number of nitrogens with one attached hydrogen (secondary N) is 1. The second-order valence-corrected chi connectivity index (χ2v) is 6.17. The average Bonchev–Trinajstić information content (AvgIpc) is 2.27. The minimum Gasteiger partial charge on any atom is -0.384 e. The highest BCUT2D eigenvalue weighted by atomic mass is 35.5. The minimum absolute atomic E-state index is 0.0190. The van der Waals surface area contributed by atoms with Crippen LogP contribution in [0.25, 0.3) is 0 Å². The van der Waals surface area contributed by atoms with Crippen LogP contribution in [-0.2, 0) is 0 Å². The molecule has 1 fully saturated rings. The molecule has 1 aliphatic heterocycles. The summed E-state index contributed by atoms with van der Waals surface area (Å²) in [5.41, 5.74) is 7.55. The number of hydrogen-bond acceptors (Lipinski definition) is 2. The zero-order valence-electron chi connectivity index (χ0n) is 11.0. The van der Waals surface area contributed by atoms with Crippen LogP contribution in [0, 0.1) is 10.8 Å². The molecule has 0 aromatic heterocycles. The second kappa shape index (κ2) is 4.81. The minimum atomic E-state index is 0.0190. The molecule has 2 rings (SSSR count). The Hall–Kier alpha value is -1.22. The fourth-order valence-corrected chi connectivity index (χ4v) is 2.84. The highest BCUT2D eigenvalue weighted by molar-refractivity contribution is 6.34. The molecule has 3 nitrogen and oxygen atoms in total. The van der Waals surface area contributed by atoms with Crippen molar-refractivity contribution in [3.05, 3.63) is 28.8 Å². The van der Waals surface area contributed by atoms with Crippen LogP contribution in [0.15, 0.2) is 18.2 Å². The van der Waals surface area contributed by atoms with Gasteiger partial charge in [0.1, 0.15) is 5.84 Å². The van der Waals surface area contributed by atoms with E-state index in [4.69, 9.17) is 22.7 Å². The molecule has 0 atom stereocenters. The van der Waals surface area contributed by atoms with Gasteiger partial charge in [0.2, 0.25) is 0 Å². The quantitative estimate of drug-likeness (QED) is 0.637. The topological polar surface area (TPSA) is 53.1 Å². The molecule has 1 aromatic carbocycles. The van der Waals surface area contributed by atoms with Crippen molar-refractivity contribution in [3.63, 3.8) is 0 Å². The summed E-state index contributed by atoms with van der Waals surface area (Å²) in [7, 11) is 0. The molecule has 0 aliphatic carbocycles. The van der Waals surface area contributed by atoms with Gasteiger partial charge in [0.15, 0.2) is 0 Å². The first-order chi connectivity index (χ1) is 8.39. The fourth-order valence-electron chi connectivity index (χ4n) is 2.56. The van der Waals surface area contributed by atoms with Gasteiger partial charge in [-0.25, -0.2) is 0 Å². The summed E-state index contributed by atoms with van der Waals surface area (Å²) >= 11 is 6.17. The van der Waals surface area contributed by atoms with Crippen molar-refractivity contribution in [1.29, 1.82) is 5.41 Å². The summed E-state index contributed by atoms with van der Waals surface area (Å²) in [6.07, 6.45) is 2.47. The first-order valence-corrected chi connectivity index (χ1v) is 6.66. The molecule has 0 saturated carbocycles. The summed E-state index contributed by atoms with van der Waals surface area (Å²) in [6.45, 7) is 6.71. The summed E-state index contributed by atoms with van der Waals surface area (Å²) in [5.74, 6) is 0.0190. The van der Waals surface area contributed by atoms with Crippen LogP contribution in [0.5, 0.6) is 0 Å². The molecule has 1 aliphatic rings. The van der Waals surface area contributed by atoms with E-state index in [1.165, 1.54) is 12.8 Å². The third-order valence-corrected chi connectivity index (χ3v) is 3.82. The van der Waals surface area contributed by atoms with Crippen molar-refractivity contribution in [2.75, 3.05) is 18.0 Å². The number of benzene rings is 1. The number of rotatable bonds is 2. The van der Waals surface area contributed by atoms with E-state index in [2.05, 4.69) is 18.7 Å². The Kier molecular flexibility index (Phi) is 3.53. The van der Waals surface area contributed by atoms with Crippen molar-refractivity contribution in [1.82, 2.24) is 0 Å². The number of nitrogens with two attached hydrogens (primary N) is 1. The molecule has 3 N–H and O–H groups in total. The number of piperidine rings is 1. The number of halogens is 1. The molecule has 98 valence electrons. The van der Waals surface area contributed by atoms with E-state index in [0.717, 1.165) is 18.8 Å². The Morgan fingerprint density at radius 1 is 1.44 bits per heavy atom. The highest BCUT2D eigenvalue weighted by Crippen LogP contribution is 2.33. The van der Waals surface area contributed by atoms with Crippen LogP contribution in [0.4, 0.5) is 5.69 Å². The Morgan fingerprint density at radius 2 is 2.17 bits per heavy atom. The average molecular weight is 266 g/mol. The number of nitrogen functional groups attached to an aromatic ring is 1. The van der Waals surface area contributed by atoms with Gasteiger partial charge in [-0.05, 0) is 36.5 Å². The molecule has 0 spiro atoms. The highest BCUT2D eigenvalue weighted by Gasteiger charge is 2.26. The number of amidine groups is 1. The summed E-state index contributed by atoms with van der Waals surface area (Å²) in [5, 5.41) is 7.99. The fraction of sp³-hybridized carbons (Fsp3) is 0.500. The van der Waals surface area contributed by atoms with E-state index in [0.29, 0.717) is 16.0 Å². The maximum Gasteiger partial charge on any atom is 0.124 e. The largest absolute Gasteiger partial charge is 0.384 e. The smallest absolute Gasteiger partial charge is 0.124 e. The molecule has 0 unspecified atom stereocenters. The van der Waals surface area contributed by atoms with Crippen molar-refractivity contribution < 1.29 is 0 Å². The van der Waals surface area contributed by atoms with Crippen molar-refractivity contribution in [2.45, 2.75) is 26.7 Å². The summed E-state index contributed by atoms with van der Waals surface area (Å²) in [6, 6.07) is 5.76. The lowest BCUT2D eigenvalue weighted by atomic mass is 9.84. The monoisotopic (exact) mass is 265 g/mol. The van der Waals surface area contributed by atoms with Crippen LogP contribution in [0.3, 0.4) is 0 Å². The molecule has 0 radical (unpaired) electrons. The van der Waals surface area contributed by atoms with Gasteiger partial charge < -0.3 is 10.6 Å². The zero-order valence-corrected chi connectivity index (χ0v) is 11.7. The van der Waals surface area contributed by atoms with Gasteiger partial charge in [0, 0.05) is 24.3 Å². The summed E-state index contributed by atoms with van der Waals surface area (Å²) < 4.78 is 0. The second-order valence-electron chi connectivity index (χ2n) is 5.77. The molecular formula is C14H20ClN3. The molecule has 4 heteroatoms. The van der Waals surface area contributed by atoms with E-state index in [9.17, 15) is 0 Å². The molecule has 1 aromatic rings. The van der Waals surface area contributed by atoms with Crippen LogP contribution in [0.1, 0.15) is 32.3 Å². The van der Waals surface area contributed by atoms with E-state index in [1.807, 2.05) is 18.2 Å². The van der Waals surface area contributed by atoms with Crippen molar-refractivity contribution >= 4 is 23.1 Å². The predicted octanol–water partition coefficient (Wildman–Crippen LogP) is 3.25. The first kappa shape index (κ1) is 13.2. The number of anilines is 1. The lowest BCUT2D eigenvalue weighted by Gasteiger charge is -2.39. The lowest BCUT2D eigenvalue weighted by Crippen LogP contribution is -2.40. The predicted molar refractivity (Wildman–Crippen MR) is 77.7 cm³/mol. The van der Waals surface area contributed by atoms with E-state index in [-0.39, 0.29) is 5.84 Å². The Bertz CT molecular complexity index is 468.